The van der Waals surface area contributed by atoms with Crippen LogP contribution in [0, 0.1) is 0 Å². The van der Waals surface area contributed by atoms with Crippen molar-refractivity contribution in [3.8, 4) is 0 Å². The number of benzene rings is 1. The second-order valence-corrected chi connectivity index (χ2v) is 4.77. The van der Waals surface area contributed by atoms with Crippen molar-refractivity contribution < 1.29 is 4.74 Å². The number of hydrogen-bond donors (Lipinski definition) is 0. The zero-order valence-electron chi connectivity index (χ0n) is 8.86. The molecule has 0 bridgehead atoms. The molecule has 0 atom stereocenters. The molecule has 0 aliphatic heterocycles. The van der Waals surface area contributed by atoms with Gasteiger partial charge in [0, 0.05) is 12.0 Å². The molecule has 1 fully saturated rings. The molecule has 1 aliphatic carbocycles. The van der Waals surface area contributed by atoms with E-state index in [-0.39, 0.29) is 0 Å². The summed E-state index contributed by atoms with van der Waals surface area (Å²) in [6.07, 6.45) is 4.72. The van der Waals surface area contributed by atoms with Crippen LogP contribution in [-0.2, 0) is 11.2 Å². The quantitative estimate of drug-likeness (QED) is 0.550. The van der Waals surface area contributed by atoms with E-state index in [0.29, 0.717) is 11.5 Å². The zero-order valence-corrected chi connectivity index (χ0v) is 9.62. The Morgan fingerprint density at radius 2 is 1.93 bits per heavy atom. The first-order valence-electron chi connectivity index (χ1n) is 5.64. The van der Waals surface area contributed by atoms with Crippen LogP contribution in [0.1, 0.15) is 24.8 Å². The molecule has 1 nitrogen and oxygen atoms in total. The van der Waals surface area contributed by atoms with Gasteiger partial charge in [-0.05, 0) is 31.2 Å². The van der Waals surface area contributed by atoms with Crippen LogP contribution in [0.5, 0.6) is 0 Å². The number of hydrogen-bond acceptors (Lipinski definition) is 1. The second-order valence-electron chi connectivity index (χ2n) is 4.15. The van der Waals surface area contributed by atoms with E-state index in [2.05, 4.69) is 30.3 Å². The molecule has 0 saturated heterocycles. The highest BCUT2D eigenvalue weighted by atomic mass is 35.5. The van der Waals surface area contributed by atoms with Crippen LogP contribution in [0.4, 0.5) is 0 Å². The lowest BCUT2D eigenvalue weighted by molar-refractivity contribution is 0.00397. The Bertz CT molecular complexity index is 280. The molecule has 1 saturated carbocycles. The molecule has 2 rings (SSSR count). The van der Waals surface area contributed by atoms with Crippen molar-refractivity contribution in [3.63, 3.8) is 0 Å². The van der Waals surface area contributed by atoms with E-state index in [0.717, 1.165) is 32.3 Å². The monoisotopic (exact) mass is 224 g/mol. The van der Waals surface area contributed by atoms with Gasteiger partial charge in [0.25, 0.3) is 0 Å². The summed E-state index contributed by atoms with van der Waals surface area (Å²) in [5.74, 6) is 0. The van der Waals surface area contributed by atoms with E-state index in [1.165, 1.54) is 5.56 Å². The van der Waals surface area contributed by atoms with Crippen LogP contribution in [0.15, 0.2) is 30.3 Å². The average molecular weight is 225 g/mol. The van der Waals surface area contributed by atoms with Crippen LogP contribution in [-0.4, -0.2) is 18.1 Å². The van der Waals surface area contributed by atoms with Crippen molar-refractivity contribution in [2.24, 2.45) is 0 Å². The molecule has 1 aromatic carbocycles. The van der Waals surface area contributed by atoms with Crippen molar-refractivity contribution in [2.75, 3.05) is 6.61 Å². The number of rotatable bonds is 5. The number of alkyl halides is 1. The standard InChI is InChI=1S/C13H17ClO/c14-12-9-13(10-12)15-8-4-7-11-5-2-1-3-6-11/h1-3,5-6,12-13H,4,7-10H2. The first kappa shape index (κ1) is 11.0. The third kappa shape index (κ3) is 3.51. The van der Waals surface area contributed by atoms with E-state index in [1.54, 1.807) is 0 Å². The zero-order chi connectivity index (χ0) is 10.5. The van der Waals surface area contributed by atoms with Crippen LogP contribution in [0.25, 0.3) is 0 Å². The molecule has 0 spiro atoms. The van der Waals surface area contributed by atoms with Gasteiger partial charge < -0.3 is 4.74 Å². The maximum absolute atomic E-state index is 5.87. The summed E-state index contributed by atoms with van der Waals surface area (Å²) in [5, 5.41) is 0.365. The van der Waals surface area contributed by atoms with Gasteiger partial charge in [-0.15, -0.1) is 11.6 Å². The summed E-state index contributed by atoms with van der Waals surface area (Å²) in [6.45, 7) is 0.864. The van der Waals surface area contributed by atoms with Crippen LogP contribution >= 0.6 is 11.6 Å². The first-order valence-corrected chi connectivity index (χ1v) is 6.08. The molecule has 2 heteroatoms. The lowest BCUT2D eigenvalue weighted by atomic mass is 9.95. The van der Waals surface area contributed by atoms with Gasteiger partial charge in [-0.25, -0.2) is 0 Å². The third-order valence-corrected chi connectivity index (χ3v) is 3.20. The predicted molar refractivity (Wildman–Crippen MR) is 63.4 cm³/mol. The maximum Gasteiger partial charge on any atom is 0.0603 e. The average Bonchev–Trinajstić information content (AvgIpc) is 2.23. The van der Waals surface area contributed by atoms with Crippen molar-refractivity contribution in [3.05, 3.63) is 35.9 Å². The van der Waals surface area contributed by atoms with Crippen molar-refractivity contribution in [1.29, 1.82) is 0 Å². The number of ether oxygens (including phenoxy) is 1. The Kier molecular flexibility index (Phi) is 4.04. The smallest absolute Gasteiger partial charge is 0.0603 e. The Labute approximate surface area is 96.4 Å². The summed E-state index contributed by atoms with van der Waals surface area (Å²) in [5.41, 5.74) is 1.39. The maximum atomic E-state index is 5.87. The normalized spacial score (nSPS) is 24.9. The molecular weight excluding hydrogens is 208 g/mol. The van der Waals surface area contributed by atoms with E-state index < -0.39 is 0 Å². The summed E-state index contributed by atoms with van der Waals surface area (Å²) in [4.78, 5) is 0. The Morgan fingerprint density at radius 1 is 1.20 bits per heavy atom. The molecule has 0 aromatic heterocycles. The fourth-order valence-corrected chi connectivity index (χ4v) is 2.21. The SMILES string of the molecule is ClC1CC(OCCCc2ccccc2)C1. The molecule has 1 aliphatic rings. The molecule has 0 N–H and O–H groups in total. The Hall–Kier alpha value is -0.530. The highest BCUT2D eigenvalue weighted by Gasteiger charge is 2.27. The molecule has 82 valence electrons. The van der Waals surface area contributed by atoms with Crippen LogP contribution in [0.2, 0.25) is 0 Å². The van der Waals surface area contributed by atoms with Crippen molar-refractivity contribution in [2.45, 2.75) is 37.2 Å². The lowest BCUT2D eigenvalue weighted by Gasteiger charge is -2.30. The van der Waals surface area contributed by atoms with Gasteiger partial charge in [0.1, 0.15) is 0 Å². The van der Waals surface area contributed by atoms with Crippen molar-refractivity contribution in [1.82, 2.24) is 0 Å². The molecule has 0 amide bonds. The molecule has 1 aromatic rings. The van der Waals surface area contributed by atoms with Gasteiger partial charge in [-0.2, -0.15) is 0 Å². The predicted octanol–water partition coefficient (Wildman–Crippen LogP) is 3.41. The summed E-state index contributed by atoms with van der Waals surface area (Å²) >= 11 is 5.87. The second kappa shape index (κ2) is 5.53. The first-order chi connectivity index (χ1) is 7.34. The van der Waals surface area contributed by atoms with Gasteiger partial charge in [0.15, 0.2) is 0 Å². The fourth-order valence-electron chi connectivity index (χ4n) is 1.81. The van der Waals surface area contributed by atoms with Gasteiger partial charge in [-0.1, -0.05) is 30.3 Å². The fraction of sp³-hybridized carbons (Fsp3) is 0.538. The topological polar surface area (TPSA) is 9.23 Å². The van der Waals surface area contributed by atoms with Gasteiger partial charge in [0.05, 0.1) is 6.10 Å². The molecule has 0 unspecified atom stereocenters. The van der Waals surface area contributed by atoms with E-state index in [4.69, 9.17) is 16.3 Å². The van der Waals surface area contributed by atoms with E-state index in [1.807, 2.05) is 0 Å². The molecule has 15 heavy (non-hydrogen) atoms. The largest absolute Gasteiger partial charge is 0.378 e. The van der Waals surface area contributed by atoms with E-state index in [9.17, 15) is 0 Å². The lowest BCUT2D eigenvalue weighted by Crippen LogP contribution is -2.32. The number of halogens is 1. The Morgan fingerprint density at radius 3 is 2.60 bits per heavy atom. The highest BCUT2D eigenvalue weighted by Crippen LogP contribution is 2.28. The molecule has 0 heterocycles. The minimum absolute atomic E-state index is 0.365. The molecular formula is C13H17ClO. The van der Waals surface area contributed by atoms with Gasteiger partial charge in [-0.3, -0.25) is 0 Å². The van der Waals surface area contributed by atoms with Gasteiger partial charge >= 0.3 is 0 Å². The number of aryl methyl sites for hydroxylation is 1. The van der Waals surface area contributed by atoms with E-state index >= 15 is 0 Å². The summed E-state index contributed by atoms with van der Waals surface area (Å²) in [6, 6.07) is 10.5. The third-order valence-electron chi connectivity index (χ3n) is 2.84. The minimum Gasteiger partial charge on any atom is -0.378 e. The highest BCUT2D eigenvalue weighted by molar-refractivity contribution is 6.21. The minimum atomic E-state index is 0.365. The summed E-state index contributed by atoms with van der Waals surface area (Å²) < 4.78 is 5.69. The van der Waals surface area contributed by atoms with Crippen LogP contribution < -0.4 is 0 Å². The molecule has 0 radical (unpaired) electrons. The van der Waals surface area contributed by atoms with Gasteiger partial charge in [0.2, 0.25) is 0 Å². The Balaban J connectivity index is 1.56. The van der Waals surface area contributed by atoms with Crippen LogP contribution in [0.3, 0.4) is 0 Å². The van der Waals surface area contributed by atoms with Crippen molar-refractivity contribution >= 4 is 11.6 Å². The summed E-state index contributed by atoms with van der Waals surface area (Å²) in [7, 11) is 0.